The van der Waals surface area contributed by atoms with Crippen molar-refractivity contribution in [1.29, 1.82) is 0 Å². The zero-order valence-electron chi connectivity index (χ0n) is 20.6. The normalized spacial score (nSPS) is 33.9. The zero-order chi connectivity index (χ0) is 25.2. The summed E-state index contributed by atoms with van der Waals surface area (Å²) in [4.78, 5) is 0. The van der Waals surface area contributed by atoms with Crippen LogP contribution in [0.4, 0.5) is 0 Å². The lowest BCUT2D eigenvalue weighted by atomic mass is 10.1. The summed E-state index contributed by atoms with van der Waals surface area (Å²) in [6, 6.07) is 0. The van der Waals surface area contributed by atoms with E-state index in [-0.39, 0.29) is 12.4 Å². The van der Waals surface area contributed by atoms with E-state index in [1.165, 1.54) is 6.42 Å². The largest absolute Gasteiger partial charge is 0.344 e. The van der Waals surface area contributed by atoms with Gasteiger partial charge in [-0.05, 0) is 40.5 Å². The fraction of sp³-hybridized carbons (Fsp3) is 1.00. The molecular weight excluding hydrogens is 496 g/mol. The average molecular weight is 535 g/mol. The lowest BCUT2D eigenvalue weighted by molar-refractivity contribution is -0.154. The van der Waals surface area contributed by atoms with Gasteiger partial charge in [0.25, 0.3) is 20.2 Å². The summed E-state index contributed by atoms with van der Waals surface area (Å²) in [7, 11) is -7.31. The van der Waals surface area contributed by atoms with Crippen molar-refractivity contribution in [1.82, 2.24) is 0 Å². The van der Waals surface area contributed by atoms with Crippen LogP contribution >= 0.6 is 11.8 Å². The lowest BCUT2D eigenvalue weighted by Gasteiger charge is -2.24. The fourth-order valence-electron chi connectivity index (χ4n) is 4.05. The van der Waals surface area contributed by atoms with Crippen molar-refractivity contribution in [2.24, 2.45) is 0 Å². The van der Waals surface area contributed by atoms with Gasteiger partial charge in [-0.25, -0.2) is 0 Å². The van der Waals surface area contributed by atoms with Crippen LogP contribution in [0.5, 0.6) is 0 Å². The van der Waals surface area contributed by atoms with Crippen LogP contribution in [0.3, 0.4) is 0 Å². The molecule has 3 fully saturated rings. The summed E-state index contributed by atoms with van der Waals surface area (Å²) in [6.45, 7) is 11.0. The molecule has 0 spiro atoms. The standard InChI is InChI=1S/C11H22O8S2.C9H16O2S/c1-6-8(19-21(5,14)15)10-9(7-16-20(4,12)13)17-11(2,3)18-10;1-4-7-8-6(5-12-7)10-9(2,3)11-8/h8-10H,6-7H2,1-5H3;6-8H,4-5H2,1-3H3/t8-,9-,10+;6-,7+,8-/m00/s1. The molecule has 3 rings (SSSR count). The molecule has 13 heteroatoms. The van der Waals surface area contributed by atoms with Crippen molar-refractivity contribution in [3.8, 4) is 0 Å². The van der Waals surface area contributed by atoms with Gasteiger partial charge in [0.05, 0.1) is 31.3 Å². The van der Waals surface area contributed by atoms with Gasteiger partial charge >= 0.3 is 0 Å². The Balaban J connectivity index is 0.000000268. The summed E-state index contributed by atoms with van der Waals surface area (Å²) in [5.41, 5.74) is 0. The Morgan fingerprint density at radius 1 is 0.939 bits per heavy atom. The Bertz CT molecular complexity index is 855. The van der Waals surface area contributed by atoms with Crippen LogP contribution in [0.25, 0.3) is 0 Å². The molecule has 0 aromatic heterocycles. The van der Waals surface area contributed by atoms with E-state index in [9.17, 15) is 16.8 Å². The molecule has 0 saturated carbocycles. The van der Waals surface area contributed by atoms with Crippen molar-refractivity contribution in [3.63, 3.8) is 0 Å². The molecule has 196 valence electrons. The second-order valence-corrected chi connectivity index (χ2v) is 13.8. The number of fused-ring (bicyclic) bond motifs is 1. The summed E-state index contributed by atoms with van der Waals surface area (Å²) in [5.74, 6) is -0.221. The van der Waals surface area contributed by atoms with Crippen LogP contribution in [-0.4, -0.2) is 89.1 Å². The van der Waals surface area contributed by atoms with Gasteiger partial charge in [-0.2, -0.15) is 28.6 Å². The van der Waals surface area contributed by atoms with E-state index >= 15 is 0 Å². The molecular formula is C20H38O10S3. The van der Waals surface area contributed by atoms with Crippen molar-refractivity contribution in [3.05, 3.63) is 0 Å². The van der Waals surface area contributed by atoms with Gasteiger partial charge in [-0.15, -0.1) is 0 Å². The number of ether oxygens (including phenoxy) is 4. The molecule has 3 aliphatic rings. The maximum absolute atomic E-state index is 11.3. The van der Waals surface area contributed by atoms with E-state index in [2.05, 4.69) is 6.92 Å². The van der Waals surface area contributed by atoms with Gasteiger partial charge in [0.1, 0.15) is 18.3 Å². The summed E-state index contributed by atoms with van der Waals surface area (Å²) in [6.07, 6.45) is 1.81. The predicted octanol–water partition coefficient (Wildman–Crippen LogP) is 2.27. The predicted molar refractivity (Wildman–Crippen MR) is 125 cm³/mol. The minimum absolute atomic E-state index is 0.267. The highest BCUT2D eigenvalue weighted by Gasteiger charge is 2.49. The minimum atomic E-state index is -3.67. The van der Waals surface area contributed by atoms with E-state index in [1.54, 1.807) is 20.8 Å². The van der Waals surface area contributed by atoms with E-state index < -0.39 is 44.3 Å². The van der Waals surface area contributed by atoms with E-state index in [0.717, 1.165) is 18.3 Å². The third-order valence-electron chi connectivity index (χ3n) is 5.20. The topological polar surface area (TPSA) is 124 Å². The molecule has 0 aromatic carbocycles. The summed E-state index contributed by atoms with van der Waals surface area (Å²) in [5, 5.41) is 0.650. The number of hydrogen-bond acceptors (Lipinski definition) is 11. The highest BCUT2D eigenvalue weighted by Crippen LogP contribution is 2.42. The minimum Gasteiger partial charge on any atom is -0.344 e. The Labute approximate surface area is 202 Å². The van der Waals surface area contributed by atoms with Crippen LogP contribution in [-0.2, 0) is 47.5 Å². The molecule has 0 bridgehead atoms. The van der Waals surface area contributed by atoms with Gasteiger partial charge in [0.2, 0.25) is 0 Å². The van der Waals surface area contributed by atoms with Crippen molar-refractivity contribution in [2.75, 3.05) is 24.9 Å². The summed E-state index contributed by atoms with van der Waals surface area (Å²) < 4.78 is 77.3. The molecule has 0 amide bonds. The highest BCUT2D eigenvalue weighted by atomic mass is 32.2. The molecule has 3 aliphatic heterocycles. The quantitative estimate of drug-likeness (QED) is 0.426. The Morgan fingerprint density at radius 3 is 2.06 bits per heavy atom. The first-order chi connectivity index (χ1) is 15.0. The molecule has 0 N–H and O–H groups in total. The molecule has 0 unspecified atom stereocenters. The number of rotatable bonds is 8. The Hall–Kier alpha value is 0.01000. The van der Waals surface area contributed by atoms with Crippen molar-refractivity contribution < 1.29 is 44.1 Å². The third kappa shape index (κ3) is 9.19. The third-order valence-corrected chi connectivity index (χ3v) is 7.91. The molecule has 10 nitrogen and oxygen atoms in total. The van der Waals surface area contributed by atoms with Crippen LogP contribution in [0.1, 0.15) is 54.4 Å². The van der Waals surface area contributed by atoms with Crippen molar-refractivity contribution >= 4 is 32.0 Å². The van der Waals surface area contributed by atoms with Crippen molar-refractivity contribution in [2.45, 2.75) is 102 Å². The Morgan fingerprint density at radius 2 is 1.55 bits per heavy atom. The van der Waals surface area contributed by atoms with Crippen LogP contribution < -0.4 is 0 Å². The van der Waals surface area contributed by atoms with Crippen LogP contribution in [0.2, 0.25) is 0 Å². The molecule has 0 aliphatic carbocycles. The van der Waals surface area contributed by atoms with Crippen LogP contribution in [0.15, 0.2) is 0 Å². The molecule has 6 atom stereocenters. The smallest absolute Gasteiger partial charge is 0.264 e. The van der Waals surface area contributed by atoms with Gasteiger partial charge in [-0.1, -0.05) is 13.8 Å². The highest BCUT2D eigenvalue weighted by molar-refractivity contribution is 8.00. The average Bonchev–Trinajstić information content (AvgIpc) is 3.25. The van der Waals surface area contributed by atoms with Gasteiger partial charge in [0, 0.05) is 11.0 Å². The molecule has 33 heavy (non-hydrogen) atoms. The van der Waals surface area contributed by atoms with Gasteiger partial charge in [0.15, 0.2) is 11.6 Å². The first kappa shape index (κ1) is 29.2. The zero-order valence-corrected chi connectivity index (χ0v) is 23.0. The molecule has 0 radical (unpaired) electrons. The first-order valence-electron chi connectivity index (χ1n) is 11.0. The maximum Gasteiger partial charge on any atom is 0.264 e. The molecule has 3 heterocycles. The number of hydrogen-bond donors (Lipinski definition) is 0. The second-order valence-electron chi connectivity index (χ2n) is 9.29. The summed E-state index contributed by atoms with van der Waals surface area (Å²) >= 11 is 1.99. The molecule has 3 saturated heterocycles. The van der Waals surface area contributed by atoms with Crippen LogP contribution in [0, 0.1) is 0 Å². The Kier molecular flexibility index (Phi) is 9.71. The number of thioether (sulfide) groups is 1. The maximum atomic E-state index is 11.3. The second kappa shape index (κ2) is 11.0. The SMILES string of the molecule is CC[C@H](OS(C)(=O)=O)[C@H]1OC(C)(C)O[C@H]1COS(C)(=O)=O.CC[C@H]1SC[C@@H]2OC(C)(C)O[C@@H]21. The van der Waals surface area contributed by atoms with Gasteiger partial charge < -0.3 is 18.9 Å². The first-order valence-corrected chi connectivity index (χ1v) is 15.7. The molecule has 0 aromatic rings. The fourth-order valence-corrected chi connectivity index (χ4v) is 6.47. The van der Waals surface area contributed by atoms with Gasteiger partial charge in [-0.3, -0.25) is 8.37 Å². The van der Waals surface area contributed by atoms with E-state index in [1.807, 2.05) is 25.6 Å². The van der Waals surface area contributed by atoms with E-state index in [0.29, 0.717) is 23.9 Å². The monoisotopic (exact) mass is 534 g/mol. The lowest BCUT2D eigenvalue weighted by Crippen LogP contribution is -2.40. The van der Waals surface area contributed by atoms with E-state index in [4.69, 9.17) is 27.3 Å².